The fourth-order valence-electron chi connectivity index (χ4n) is 1.28. The maximum atomic E-state index is 13.2. The van der Waals surface area contributed by atoms with E-state index < -0.39 is 17.5 Å². The van der Waals surface area contributed by atoms with Gasteiger partial charge in [0.1, 0.15) is 0 Å². The minimum absolute atomic E-state index is 0.0699. The van der Waals surface area contributed by atoms with Crippen LogP contribution in [0, 0.1) is 5.21 Å². The lowest BCUT2D eigenvalue weighted by Gasteiger charge is -2.13. The van der Waals surface area contributed by atoms with E-state index in [2.05, 4.69) is 9.72 Å². The van der Waals surface area contributed by atoms with E-state index >= 15 is 0 Å². The molecule has 2 aromatic rings. The second kappa shape index (κ2) is 7.88. The molecule has 0 spiro atoms. The Balaban J connectivity index is 0.000000262. The molecule has 21 heavy (non-hydrogen) atoms. The molecule has 2 aromatic heterocycles. The number of aromatic nitrogens is 2. The number of alkyl halides is 2. The number of ether oxygens (including phenoxy) is 1. The fourth-order valence-corrected chi connectivity index (χ4v) is 1.28. The van der Waals surface area contributed by atoms with Crippen LogP contribution in [0.3, 0.4) is 0 Å². The summed E-state index contributed by atoms with van der Waals surface area (Å²) in [4.78, 5) is 14.5. The maximum absolute atomic E-state index is 13.2. The summed E-state index contributed by atoms with van der Waals surface area (Å²) in [7, 11) is 0. The summed E-state index contributed by atoms with van der Waals surface area (Å²) in [5.74, 6) is -5.13. The molecule has 0 saturated carbocycles. The third-order valence-corrected chi connectivity index (χ3v) is 2.26. The van der Waals surface area contributed by atoms with Crippen LogP contribution in [0.1, 0.15) is 12.5 Å². The van der Waals surface area contributed by atoms with Crippen molar-refractivity contribution in [3.63, 3.8) is 0 Å². The van der Waals surface area contributed by atoms with E-state index in [1.54, 1.807) is 18.2 Å². The maximum Gasteiger partial charge on any atom is 0.381 e. The SMILES string of the molecule is CCOC(=O)C(F)(F)c1ccncc1.[O-][n+]1ccccc1. The normalized spacial score (nSPS) is 10.2. The van der Waals surface area contributed by atoms with E-state index in [4.69, 9.17) is 0 Å². The topological polar surface area (TPSA) is 66.1 Å². The Labute approximate surface area is 120 Å². The van der Waals surface area contributed by atoms with Crippen LogP contribution in [0.4, 0.5) is 8.78 Å². The minimum Gasteiger partial charge on any atom is -0.619 e. The van der Waals surface area contributed by atoms with Crippen molar-refractivity contribution in [3.05, 3.63) is 65.9 Å². The van der Waals surface area contributed by atoms with Crippen LogP contribution in [0.25, 0.3) is 0 Å². The van der Waals surface area contributed by atoms with Gasteiger partial charge in [0.25, 0.3) is 0 Å². The summed E-state index contributed by atoms with van der Waals surface area (Å²) in [5, 5.41) is 10.2. The van der Waals surface area contributed by atoms with Crippen LogP contribution < -0.4 is 4.73 Å². The molecule has 0 fully saturated rings. The summed E-state index contributed by atoms with van der Waals surface area (Å²) >= 11 is 0. The Morgan fingerprint density at radius 3 is 2.29 bits per heavy atom. The van der Waals surface area contributed by atoms with Crippen LogP contribution in [-0.2, 0) is 15.5 Å². The molecule has 0 unspecified atom stereocenters. The Morgan fingerprint density at radius 2 is 1.86 bits per heavy atom. The number of halogens is 2. The number of carbonyl (C=O) groups is 1. The van der Waals surface area contributed by atoms with E-state index in [0.717, 1.165) is 16.9 Å². The molecule has 0 bridgehead atoms. The average molecular weight is 296 g/mol. The molecule has 2 heterocycles. The second-order valence-corrected chi connectivity index (χ2v) is 3.77. The van der Waals surface area contributed by atoms with Crippen molar-refractivity contribution < 1.29 is 23.0 Å². The lowest BCUT2D eigenvalue weighted by Crippen LogP contribution is -2.28. The number of carbonyl (C=O) groups excluding carboxylic acids is 1. The number of pyridine rings is 2. The van der Waals surface area contributed by atoms with Crippen LogP contribution >= 0.6 is 0 Å². The molecule has 2 rings (SSSR count). The Morgan fingerprint density at radius 1 is 1.29 bits per heavy atom. The summed E-state index contributed by atoms with van der Waals surface area (Å²) in [6.07, 6.45) is 5.28. The molecular formula is C14H14F2N2O3. The van der Waals surface area contributed by atoms with E-state index in [1.807, 2.05) is 0 Å². The molecule has 5 nitrogen and oxygen atoms in total. The minimum atomic E-state index is -3.60. The summed E-state index contributed by atoms with van der Waals surface area (Å²) in [6.45, 7) is 1.40. The van der Waals surface area contributed by atoms with Crippen LogP contribution in [0.5, 0.6) is 0 Å². The highest BCUT2D eigenvalue weighted by Gasteiger charge is 2.42. The van der Waals surface area contributed by atoms with Gasteiger partial charge in [0.15, 0.2) is 12.4 Å². The van der Waals surface area contributed by atoms with Crippen molar-refractivity contribution >= 4 is 5.97 Å². The molecule has 0 N–H and O–H groups in total. The molecule has 0 atom stereocenters. The van der Waals surface area contributed by atoms with E-state index in [9.17, 15) is 18.8 Å². The zero-order chi connectivity index (χ0) is 15.7. The predicted octanol–water partition coefficient (Wildman–Crippen LogP) is 2.06. The fraction of sp³-hybridized carbons (Fsp3) is 0.214. The number of hydrogen-bond acceptors (Lipinski definition) is 4. The highest BCUT2D eigenvalue weighted by Crippen LogP contribution is 2.28. The first-order chi connectivity index (χ1) is 9.98. The first-order valence-corrected chi connectivity index (χ1v) is 6.07. The predicted molar refractivity (Wildman–Crippen MR) is 70.2 cm³/mol. The molecule has 0 radical (unpaired) electrons. The lowest BCUT2D eigenvalue weighted by molar-refractivity contribution is -0.605. The molecule has 0 amide bonds. The Kier molecular flexibility index (Phi) is 6.19. The van der Waals surface area contributed by atoms with Gasteiger partial charge in [-0.05, 0) is 19.1 Å². The summed E-state index contributed by atoms with van der Waals surface area (Å²) < 4.78 is 31.5. The zero-order valence-corrected chi connectivity index (χ0v) is 11.3. The Bertz CT molecular complexity index is 551. The third kappa shape index (κ3) is 5.13. The van der Waals surface area contributed by atoms with Gasteiger partial charge in [-0.2, -0.15) is 13.5 Å². The number of nitrogens with zero attached hydrogens (tertiary/aromatic N) is 2. The molecule has 7 heteroatoms. The van der Waals surface area contributed by atoms with Crippen LogP contribution in [-0.4, -0.2) is 17.6 Å². The summed E-state index contributed by atoms with van der Waals surface area (Å²) in [5.41, 5.74) is -0.411. The van der Waals surface area contributed by atoms with Crippen molar-refractivity contribution in [2.24, 2.45) is 0 Å². The van der Waals surface area contributed by atoms with Gasteiger partial charge in [-0.25, -0.2) is 4.79 Å². The molecule has 0 saturated heterocycles. The highest BCUT2D eigenvalue weighted by molar-refractivity contribution is 5.79. The van der Waals surface area contributed by atoms with Crippen LogP contribution in [0.15, 0.2) is 55.1 Å². The van der Waals surface area contributed by atoms with E-state index in [0.29, 0.717) is 0 Å². The van der Waals surface area contributed by atoms with Crippen LogP contribution in [0.2, 0.25) is 0 Å². The Hall–Kier alpha value is -2.57. The largest absolute Gasteiger partial charge is 0.619 e. The van der Waals surface area contributed by atoms with Gasteiger partial charge in [-0.1, -0.05) is 6.07 Å². The third-order valence-electron chi connectivity index (χ3n) is 2.26. The summed E-state index contributed by atoms with van der Waals surface area (Å²) in [6, 6.07) is 7.34. The van der Waals surface area contributed by atoms with Crippen molar-refractivity contribution in [1.82, 2.24) is 4.98 Å². The van der Waals surface area contributed by atoms with Gasteiger partial charge in [0.2, 0.25) is 0 Å². The van der Waals surface area contributed by atoms with Crippen molar-refractivity contribution in [2.75, 3.05) is 6.61 Å². The molecule has 0 aliphatic heterocycles. The number of rotatable bonds is 3. The van der Waals surface area contributed by atoms with Gasteiger partial charge >= 0.3 is 11.9 Å². The van der Waals surface area contributed by atoms with Gasteiger partial charge in [-0.3, -0.25) is 4.98 Å². The smallest absolute Gasteiger partial charge is 0.381 e. The van der Waals surface area contributed by atoms with E-state index in [1.165, 1.54) is 31.7 Å². The second-order valence-electron chi connectivity index (χ2n) is 3.77. The van der Waals surface area contributed by atoms with Gasteiger partial charge in [-0.15, -0.1) is 0 Å². The monoisotopic (exact) mass is 296 g/mol. The lowest BCUT2D eigenvalue weighted by atomic mass is 10.1. The van der Waals surface area contributed by atoms with Crippen molar-refractivity contribution in [2.45, 2.75) is 12.8 Å². The number of hydrogen-bond donors (Lipinski definition) is 0. The molecule has 0 aromatic carbocycles. The average Bonchev–Trinajstić information content (AvgIpc) is 2.50. The zero-order valence-electron chi connectivity index (χ0n) is 11.3. The molecular weight excluding hydrogens is 282 g/mol. The van der Waals surface area contributed by atoms with E-state index in [-0.39, 0.29) is 6.61 Å². The standard InChI is InChI=1S/C9H9F2NO2.C5H5NO/c1-2-14-8(13)9(10,11)7-3-5-12-6-4-7;7-6-4-2-1-3-5-6/h3-6H,2H2,1H3;1-5H. The van der Waals surface area contributed by atoms with Gasteiger partial charge in [0.05, 0.1) is 6.61 Å². The molecule has 112 valence electrons. The van der Waals surface area contributed by atoms with Gasteiger partial charge < -0.3 is 9.94 Å². The first kappa shape index (κ1) is 16.5. The van der Waals surface area contributed by atoms with Gasteiger partial charge in [0, 0.05) is 30.1 Å². The highest BCUT2D eigenvalue weighted by atomic mass is 19.3. The first-order valence-electron chi connectivity index (χ1n) is 6.07. The molecule has 0 aliphatic carbocycles. The molecule has 0 aliphatic rings. The van der Waals surface area contributed by atoms with Crippen molar-refractivity contribution in [1.29, 1.82) is 0 Å². The number of esters is 1. The quantitative estimate of drug-likeness (QED) is 0.494. The van der Waals surface area contributed by atoms with Crippen molar-refractivity contribution in [3.8, 4) is 0 Å².